The molecule has 8 heteroatoms. The van der Waals surface area contributed by atoms with Gasteiger partial charge in [0, 0.05) is 35.3 Å². The number of aromatic nitrogens is 3. The zero-order chi connectivity index (χ0) is 21.3. The number of pyridine rings is 1. The van der Waals surface area contributed by atoms with Gasteiger partial charge in [0.2, 0.25) is 0 Å². The number of nitrogens with zero attached hydrogens (tertiary/aromatic N) is 3. The fourth-order valence-electron chi connectivity index (χ4n) is 3.60. The lowest BCUT2D eigenvalue weighted by atomic mass is 9.91. The zero-order valence-electron chi connectivity index (χ0n) is 16.8. The van der Waals surface area contributed by atoms with Gasteiger partial charge in [-0.2, -0.15) is 0 Å². The van der Waals surface area contributed by atoms with Crippen molar-refractivity contribution in [1.29, 1.82) is 0 Å². The maximum Gasteiger partial charge on any atom is 0.149 e. The summed E-state index contributed by atoms with van der Waals surface area (Å²) < 4.78 is 6.04. The van der Waals surface area contributed by atoms with Gasteiger partial charge in [0.15, 0.2) is 0 Å². The van der Waals surface area contributed by atoms with Crippen LogP contribution in [-0.4, -0.2) is 43.7 Å². The summed E-state index contributed by atoms with van der Waals surface area (Å²) in [6.07, 6.45) is 1.10. The Morgan fingerprint density at radius 2 is 2.03 bits per heavy atom. The first kappa shape index (κ1) is 21.3. The Balaban J connectivity index is 1.56. The molecule has 1 fully saturated rings. The molecule has 2 N–H and O–H groups in total. The molecular weight excluding hydrogens is 422 g/mol. The molecule has 1 aliphatic heterocycles. The van der Waals surface area contributed by atoms with E-state index in [4.69, 9.17) is 16.3 Å². The Labute approximate surface area is 184 Å². The van der Waals surface area contributed by atoms with E-state index in [1.165, 1.54) is 11.3 Å². The Morgan fingerprint density at radius 3 is 2.77 bits per heavy atom. The summed E-state index contributed by atoms with van der Waals surface area (Å²) in [6.45, 7) is 3.95. The fraction of sp³-hybridized carbons (Fsp3) is 0.409. The second-order valence-corrected chi connectivity index (χ2v) is 9.07. The summed E-state index contributed by atoms with van der Waals surface area (Å²) in [5, 5.41) is 31.5. The Bertz CT molecular complexity index is 1010. The number of hydrogen-bond donors (Lipinski definition) is 2. The van der Waals surface area contributed by atoms with Gasteiger partial charge in [0.1, 0.15) is 22.2 Å². The molecule has 158 valence electrons. The number of benzene rings is 1. The topological polar surface area (TPSA) is 88.4 Å². The summed E-state index contributed by atoms with van der Waals surface area (Å²) in [6, 6.07) is 9.50. The smallest absolute Gasteiger partial charge is 0.149 e. The number of aliphatic hydroxyl groups excluding tert-OH is 2. The van der Waals surface area contributed by atoms with E-state index in [1.807, 2.05) is 38.1 Å². The van der Waals surface area contributed by atoms with Crippen LogP contribution in [0.4, 0.5) is 0 Å². The number of aliphatic hydroxyl groups is 2. The van der Waals surface area contributed by atoms with Crippen LogP contribution in [0.15, 0.2) is 36.5 Å². The standard InChI is InChI=1S/C22H24ClN3O3S/c1-3-16-10-18(27)20(28)21(29-16)13-6-7-17(23)15(8-13)9-19-25-26-22(30-19)14-5-4-12(2)24-11-14/h4-8,11,16,18,20-21,27-28H,3,9-10H2,1-2H3. The van der Waals surface area contributed by atoms with Crippen molar-refractivity contribution in [2.24, 2.45) is 0 Å². The molecule has 0 spiro atoms. The number of halogens is 1. The van der Waals surface area contributed by atoms with Crippen molar-refractivity contribution in [3.05, 3.63) is 63.4 Å². The van der Waals surface area contributed by atoms with Crippen LogP contribution in [0.3, 0.4) is 0 Å². The highest BCUT2D eigenvalue weighted by molar-refractivity contribution is 7.14. The van der Waals surface area contributed by atoms with Crippen LogP contribution in [0.1, 0.15) is 47.7 Å². The summed E-state index contributed by atoms with van der Waals surface area (Å²) in [7, 11) is 0. The lowest BCUT2D eigenvalue weighted by molar-refractivity contribution is -0.171. The number of rotatable bonds is 5. The summed E-state index contributed by atoms with van der Waals surface area (Å²) in [4.78, 5) is 4.31. The van der Waals surface area contributed by atoms with Crippen LogP contribution in [0.2, 0.25) is 5.02 Å². The highest BCUT2D eigenvalue weighted by Gasteiger charge is 2.37. The molecule has 2 aromatic heterocycles. The average molecular weight is 446 g/mol. The first-order chi connectivity index (χ1) is 14.4. The Hall–Kier alpha value is -1.90. The van der Waals surface area contributed by atoms with Crippen molar-refractivity contribution in [2.45, 2.75) is 57.5 Å². The summed E-state index contributed by atoms with van der Waals surface area (Å²) in [5.74, 6) is 0. The molecule has 4 atom stereocenters. The van der Waals surface area contributed by atoms with Crippen LogP contribution in [0, 0.1) is 6.92 Å². The second kappa shape index (κ2) is 9.08. The summed E-state index contributed by atoms with van der Waals surface area (Å²) in [5.41, 5.74) is 3.56. The summed E-state index contributed by atoms with van der Waals surface area (Å²) >= 11 is 7.94. The lowest BCUT2D eigenvalue weighted by Gasteiger charge is -2.37. The SMILES string of the molecule is CCC1CC(O)C(O)C(c2ccc(Cl)c(Cc3nnc(-c4ccc(C)nc4)s3)c2)O1. The fourth-order valence-corrected chi connectivity index (χ4v) is 4.64. The van der Waals surface area contributed by atoms with E-state index in [1.54, 1.807) is 12.3 Å². The quantitative estimate of drug-likeness (QED) is 0.614. The third kappa shape index (κ3) is 4.55. The molecule has 1 aromatic carbocycles. The first-order valence-electron chi connectivity index (χ1n) is 10.00. The maximum atomic E-state index is 10.5. The highest BCUT2D eigenvalue weighted by atomic mass is 35.5. The van der Waals surface area contributed by atoms with Crippen molar-refractivity contribution >= 4 is 22.9 Å². The van der Waals surface area contributed by atoms with Gasteiger partial charge in [-0.3, -0.25) is 4.98 Å². The van der Waals surface area contributed by atoms with Crippen molar-refractivity contribution < 1.29 is 14.9 Å². The molecule has 0 amide bonds. The van der Waals surface area contributed by atoms with Crippen LogP contribution >= 0.6 is 22.9 Å². The third-order valence-corrected chi connectivity index (χ3v) is 6.71. The van der Waals surface area contributed by atoms with Crippen molar-refractivity contribution in [3.63, 3.8) is 0 Å². The second-order valence-electron chi connectivity index (χ2n) is 7.60. The Kier molecular flexibility index (Phi) is 6.46. The van der Waals surface area contributed by atoms with Crippen molar-refractivity contribution in [3.8, 4) is 10.6 Å². The van der Waals surface area contributed by atoms with Crippen molar-refractivity contribution in [1.82, 2.24) is 15.2 Å². The van der Waals surface area contributed by atoms with Gasteiger partial charge in [0.25, 0.3) is 0 Å². The van der Waals surface area contributed by atoms with Crippen LogP contribution in [0.5, 0.6) is 0 Å². The molecule has 0 radical (unpaired) electrons. The monoisotopic (exact) mass is 445 g/mol. The molecule has 6 nitrogen and oxygen atoms in total. The molecule has 1 aliphatic rings. The maximum absolute atomic E-state index is 10.5. The highest BCUT2D eigenvalue weighted by Crippen LogP contribution is 2.35. The normalized spacial score (nSPS) is 24.2. The molecule has 3 heterocycles. The van der Waals surface area contributed by atoms with Crippen LogP contribution < -0.4 is 0 Å². The third-order valence-electron chi connectivity index (χ3n) is 5.37. The minimum atomic E-state index is -0.969. The largest absolute Gasteiger partial charge is 0.390 e. The Morgan fingerprint density at radius 1 is 1.20 bits per heavy atom. The molecule has 30 heavy (non-hydrogen) atoms. The van der Waals surface area contributed by atoms with E-state index in [2.05, 4.69) is 15.2 Å². The van der Waals surface area contributed by atoms with Gasteiger partial charge in [-0.05, 0) is 42.7 Å². The van der Waals surface area contributed by atoms with Crippen LogP contribution in [-0.2, 0) is 11.2 Å². The van der Waals surface area contributed by atoms with Gasteiger partial charge in [0.05, 0.1) is 12.2 Å². The van der Waals surface area contributed by atoms with Gasteiger partial charge in [-0.15, -0.1) is 10.2 Å². The van der Waals surface area contributed by atoms with Gasteiger partial charge in [-0.25, -0.2) is 0 Å². The number of ether oxygens (including phenoxy) is 1. The minimum Gasteiger partial charge on any atom is -0.390 e. The minimum absolute atomic E-state index is 0.0821. The van der Waals surface area contributed by atoms with Gasteiger partial charge in [-0.1, -0.05) is 42.0 Å². The van der Waals surface area contributed by atoms with E-state index in [0.29, 0.717) is 17.9 Å². The van der Waals surface area contributed by atoms with E-state index in [-0.39, 0.29) is 6.10 Å². The van der Waals surface area contributed by atoms with E-state index in [0.717, 1.165) is 38.8 Å². The lowest BCUT2D eigenvalue weighted by Crippen LogP contribution is -2.43. The molecule has 1 saturated heterocycles. The molecule has 4 rings (SSSR count). The molecule has 3 aromatic rings. The number of hydrogen-bond acceptors (Lipinski definition) is 7. The number of aryl methyl sites for hydroxylation is 1. The molecule has 0 aliphatic carbocycles. The van der Waals surface area contributed by atoms with E-state index >= 15 is 0 Å². The van der Waals surface area contributed by atoms with E-state index in [9.17, 15) is 10.2 Å². The predicted octanol–water partition coefficient (Wildman–Crippen LogP) is 4.11. The van der Waals surface area contributed by atoms with E-state index < -0.39 is 18.3 Å². The first-order valence-corrected chi connectivity index (χ1v) is 11.2. The molecular formula is C22H24ClN3O3S. The van der Waals surface area contributed by atoms with Gasteiger partial charge >= 0.3 is 0 Å². The zero-order valence-corrected chi connectivity index (χ0v) is 18.4. The average Bonchev–Trinajstić information content (AvgIpc) is 3.20. The molecule has 4 unspecified atom stereocenters. The van der Waals surface area contributed by atoms with Crippen molar-refractivity contribution in [2.75, 3.05) is 0 Å². The predicted molar refractivity (Wildman–Crippen MR) is 117 cm³/mol. The van der Waals surface area contributed by atoms with Gasteiger partial charge < -0.3 is 14.9 Å². The molecule has 0 saturated carbocycles. The molecule has 0 bridgehead atoms. The van der Waals surface area contributed by atoms with Crippen LogP contribution in [0.25, 0.3) is 10.6 Å².